The molecule has 0 aromatic carbocycles. The smallest absolute Gasteiger partial charge is 0.188 e. The van der Waals surface area contributed by atoms with Crippen molar-refractivity contribution in [1.29, 1.82) is 0 Å². The largest absolute Gasteiger partial charge is 0.380 e. The summed E-state index contributed by atoms with van der Waals surface area (Å²) in [5.74, 6) is 1.24. The second-order valence-electron chi connectivity index (χ2n) is 5.05. The molecule has 0 aromatic heterocycles. The van der Waals surface area contributed by atoms with E-state index in [0.717, 1.165) is 32.5 Å². The van der Waals surface area contributed by atoms with Crippen LogP contribution in [0.3, 0.4) is 0 Å². The van der Waals surface area contributed by atoms with Gasteiger partial charge < -0.3 is 15.8 Å². The van der Waals surface area contributed by atoms with Gasteiger partial charge in [-0.25, -0.2) is 0 Å². The Morgan fingerprint density at radius 3 is 2.58 bits per heavy atom. The van der Waals surface area contributed by atoms with Crippen molar-refractivity contribution in [1.82, 2.24) is 5.32 Å². The summed E-state index contributed by atoms with van der Waals surface area (Å²) in [6.45, 7) is 9.69. The molecule has 0 spiro atoms. The molecule has 0 saturated heterocycles. The predicted molar refractivity (Wildman–Crippen MR) is 94.3 cm³/mol. The standard InChI is InChI=1S/C14H31N3O.HI/c1-4-5-6-7-9-16-14(15)17-10-12-18-11-8-13(2)3;/h13H,4-12H2,1-3H3,(H3,15,16,17);1H. The lowest BCUT2D eigenvalue weighted by Crippen LogP contribution is -2.34. The molecule has 4 nitrogen and oxygen atoms in total. The van der Waals surface area contributed by atoms with Gasteiger partial charge in [-0.2, -0.15) is 0 Å². The number of halogens is 1. The van der Waals surface area contributed by atoms with Crippen molar-refractivity contribution in [3.05, 3.63) is 0 Å². The van der Waals surface area contributed by atoms with Crippen LogP contribution in [0.5, 0.6) is 0 Å². The summed E-state index contributed by atoms with van der Waals surface area (Å²) in [5.41, 5.74) is 5.73. The molecule has 0 atom stereocenters. The Balaban J connectivity index is 0. The first-order chi connectivity index (χ1) is 8.66. The highest BCUT2D eigenvalue weighted by Gasteiger charge is 1.95. The van der Waals surface area contributed by atoms with Crippen LogP contribution in [0.4, 0.5) is 0 Å². The second-order valence-corrected chi connectivity index (χ2v) is 5.05. The van der Waals surface area contributed by atoms with Crippen LogP contribution in [-0.4, -0.2) is 32.3 Å². The molecule has 0 amide bonds. The van der Waals surface area contributed by atoms with E-state index in [0.29, 0.717) is 18.5 Å². The molecule has 0 radical (unpaired) electrons. The number of unbranched alkanes of at least 4 members (excludes halogenated alkanes) is 3. The Bertz CT molecular complexity index is 211. The summed E-state index contributed by atoms with van der Waals surface area (Å²) in [5, 5.41) is 3.06. The average molecular weight is 385 g/mol. The minimum atomic E-state index is 0. The van der Waals surface area contributed by atoms with E-state index in [9.17, 15) is 0 Å². The topological polar surface area (TPSA) is 59.6 Å². The Kier molecular flexibility index (Phi) is 17.9. The molecule has 0 bridgehead atoms. The molecular formula is C14H32IN3O. The molecular weight excluding hydrogens is 353 g/mol. The number of hydrogen-bond donors (Lipinski definition) is 2. The fourth-order valence-corrected chi connectivity index (χ4v) is 1.47. The van der Waals surface area contributed by atoms with E-state index in [1.807, 2.05) is 0 Å². The van der Waals surface area contributed by atoms with Crippen LogP contribution in [0.1, 0.15) is 52.9 Å². The van der Waals surface area contributed by atoms with E-state index in [-0.39, 0.29) is 24.0 Å². The molecule has 0 aliphatic rings. The molecule has 0 fully saturated rings. The highest BCUT2D eigenvalue weighted by atomic mass is 127. The molecule has 0 aromatic rings. The van der Waals surface area contributed by atoms with Crippen molar-refractivity contribution in [2.45, 2.75) is 52.9 Å². The van der Waals surface area contributed by atoms with E-state index in [1.54, 1.807) is 0 Å². The molecule has 0 aliphatic heterocycles. The lowest BCUT2D eigenvalue weighted by molar-refractivity contribution is 0.128. The summed E-state index contributed by atoms with van der Waals surface area (Å²) >= 11 is 0. The predicted octanol–water partition coefficient (Wildman–Crippen LogP) is 3.15. The van der Waals surface area contributed by atoms with Crippen molar-refractivity contribution in [2.75, 3.05) is 26.3 Å². The van der Waals surface area contributed by atoms with Gasteiger partial charge in [-0.05, 0) is 18.8 Å². The van der Waals surface area contributed by atoms with Crippen LogP contribution in [0.2, 0.25) is 0 Å². The van der Waals surface area contributed by atoms with Crippen molar-refractivity contribution in [3.8, 4) is 0 Å². The third kappa shape index (κ3) is 18.0. The highest BCUT2D eigenvalue weighted by molar-refractivity contribution is 14.0. The number of aliphatic imine (C=N–C) groups is 1. The Labute approximate surface area is 136 Å². The first-order valence-electron chi connectivity index (χ1n) is 7.28. The first kappa shape index (κ1) is 21.3. The zero-order chi connectivity index (χ0) is 13.6. The number of nitrogens with two attached hydrogens (primary N) is 1. The van der Waals surface area contributed by atoms with Crippen LogP contribution in [-0.2, 0) is 4.74 Å². The lowest BCUT2D eigenvalue weighted by Gasteiger charge is -2.08. The summed E-state index contributed by atoms with van der Waals surface area (Å²) in [6.07, 6.45) is 6.02. The lowest BCUT2D eigenvalue weighted by atomic mass is 10.1. The van der Waals surface area contributed by atoms with Gasteiger partial charge in [0.2, 0.25) is 0 Å². The van der Waals surface area contributed by atoms with Gasteiger partial charge in [-0.1, -0.05) is 40.0 Å². The molecule has 0 rings (SSSR count). The summed E-state index contributed by atoms with van der Waals surface area (Å²) in [4.78, 5) is 4.27. The SMILES string of the molecule is CCCCCCN=C(N)NCCOCCC(C)C.I. The quantitative estimate of drug-likeness (QED) is 0.249. The molecule has 3 N–H and O–H groups in total. The summed E-state index contributed by atoms with van der Waals surface area (Å²) in [7, 11) is 0. The number of hydrogen-bond acceptors (Lipinski definition) is 2. The number of nitrogens with one attached hydrogen (secondary N) is 1. The van der Waals surface area contributed by atoms with Gasteiger partial charge in [0.1, 0.15) is 0 Å². The summed E-state index contributed by atoms with van der Waals surface area (Å²) < 4.78 is 5.48. The third-order valence-corrected chi connectivity index (χ3v) is 2.69. The zero-order valence-corrected chi connectivity index (χ0v) is 15.1. The van der Waals surface area contributed by atoms with Crippen molar-refractivity contribution in [3.63, 3.8) is 0 Å². The van der Waals surface area contributed by atoms with E-state index < -0.39 is 0 Å². The van der Waals surface area contributed by atoms with Gasteiger partial charge in [-0.15, -0.1) is 24.0 Å². The summed E-state index contributed by atoms with van der Waals surface area (Å²) in [6, 6.07) is 0. The molecule has 0 saturated carbocycles. The Morgan fingerprint density at radius 2 is 1.95 bits per heavy atom. The number of ether oxygens (including phenoxy) is 1. The molecule has 0 heterocycles. The van der Waals surface area contributed by atoms with E-state index in [4.69, 9.17) is 10.5 Å². The van der Waals surface area contributed by atoms with E-state index >= 15 is 0 Å². The van der Waals surface area contributed by atoms with Crippen molar-refractivity contribution >= 4 is 29.9 Å². The Hall–Kier alpha value is -0.0400. The number of guanidine groups is 1. The number of rotatable bonds is 11. The van der Waals surface area contributed by atoms with E-state index in [1.165, 1.54) is 19.3 Å². The van der Waals surface area contributed by atoms with Crippen LogP contribution < -0.4 is 11.1 Å². The molecule has 19 heavy (non-hydrogen) atoms. The maximum atomic E-state index is 5.73. The normalized spacial score (nSPS) is 11.5. The zero-order valence-electron chi connectivity index (χ0n) is 12.8. The Morgan fingerprint density at radius 1 is 1.21 bits per heavy atom. The van der Waals surface area contributed by atoms with Gasteiger partial charge in [0, 0.05) is 19.7 Å². The average Bonchev–Trinajstić information content (AvgIpc) is 2.33. The molecule has 0 aliphatic carbocycles. The van der Waals surface area contributed by atoms with Gasteiger partial charge in [0.05, 0.1) is 6.61 Å². The van der Waals surface area contributed by atoms with Crippen LogP contribution >= 0.6 is 24.0 Å². The molecule has 5 heteroatoms. The molecule has 116 valence electrons. The maximum absolute atomic E-state index is 5.73. The van der Waals surface area contributed by atoms with E-state index in [2.05, 4.69) is 31.1 Å². The second kappa shape index (κ2) is 16.0. The fourth-order valence-electron chi connectivity index (χ4n) is 1.47. The minimum absolute atomic E-state index is 0. The van der Waals surface area contributed by atoms with Crippen molar-refractivity contribution < 1.29 is 4.74 Å². The molecule has 0 unspecified atom stereocenters. The third-order valence-electron chi connectivity index (χ3n) is 2.69. The fraction of sp³-hybridized carbons (Fsp3) is 0.929. The van der Waals surface area contributed by atoms with Gasteiger partial charge in [0.25, 0.3) is 0 Å². The van der Waals surface area contributed by atoms with Gasteiger partial charge in [-0.3, -0.25) is 4.99 Å². The monoisotopic (exact) mass is 385 g/mol. The maximum Gasteiger partial charge on any atom is 0.188 e. The van der Waals surface area contributed by atoms with Gasteiger partial charge >= 0.3 is 0 Å². The van der Waals surface area contributed by atoms with Crippen LogP contribution in [0, 0.1) is 5.92 Å². The van der Waals surface area contributed by atoms with Crippen LogP contribution in [0.25, 0.3) is 0 Å². The number of nitrogens with zero attached hydrogens (tertiary/aromatic N) is 1. The minimum Gasteiger partial charge on any atom is -0.380 e. The van der Waals surface area contributed by atoms with Crippen molar-refractivity contribution in [2.24, 2.45) is 16.6 Å². The first-order valence-corrected chi connectivity index (χ1v) is 7.28. The highest BCUT2D eigenvalue weighted by Crippen LogP contribution is 1.99. The van der Waals surface area contributed by atoms with Crippen LogP contribution in [0.15, 0.2) is 4.99 Å². The van der Waals surface area contributed by atoms with Gasteiger partial charge in [0.15, 0.2) is 5.96 Å².